The second kappa shape index (κ2) is 10.5. The number of carbonyl (C=O) groups excluding carboxylic acids is 2. The molecule has 2 aromatic rings. The zero-order valence-electron chi connectivity index (χ0n) is 17.9. The molecule has 31 heavy (non-hydrogen) atoms. The molecule has 1 aliphatic heterocycles. The fraction of sp³-hybridized carbons (Fsp3) is 0.391. The lowest BCUT2D eigenvalue weighted by molar-refractivity contribution is -0.145. The lowest BCUT2D eigenvalue weighted by atomic mass is 9.90. The molecule has 0 saturated carbocycles. The molecule has 0 aromatic heterocycles. The number of esters is 1. The molecular formula is C23H27ClN2O5. The van der Waals surface area contributed by atoms with Crippen molar-refractivity contribution in [2.45, 2.75) is 25.8 Å². The predicted molar refractivity (Wildman–Crippen MR) is 119 cm³/mol. The molecule has 0 saturated heterocycles. The number of para-hydroxylation sites is 1. The minimum atomic E-state index is -0.320. The molecule has 0 aliphatic carbocycles. The number of rotatable bonds is 8. The Kier molecular flexibility index (Phi) is 7.76. The summed E-state index contributed by atoms with van der Waals surface area (Å²) in [6, 6.07) is 10.6. The smallest absolute Gasteiger partial charge is 0.307 e. The van der Waals surface area contributed by atoms with E-state index in [9.17, 15) is 9.59 Å². The number of fused-ring (bicyclic) bond motifs is 1. The quantitative estimate of drug-likeness (QED) is 0.621. The zero-order chi connectivity index (χ0) is 22.4. The van der Waals surface area contributed by atoms with Gasteiger partial charge in [0.1, 0.15) is 0 Å². The van der Waals surface area contributed by atoms with Crippen molar-refractivity contribution in [2.75, 3.05) is 39.2 Å². The summed E-state index contributed by atoms with van der Waals surface area (Å²) in [6.07, 6.45) is 0.851. The Labute approximate surface area is 187 Å². The van der Waals surface area contributed by atoms with Gasteiger partial charge in [0.2, 0.25) is 5.91 Å². The fourth-order valence-electron chi connectivity index (χ4n) is 3.82. The van der Waals surface area contributed by atoms with Crippen LogP contribution in [0.5, 0.6) is 11.5 Å². The number of anilines is 1. The highest BCUT2D eigenvalue weighted by atomic mass is 35.5. The summed E-state index contributed by atoms with van der Waals surface area (Å²) in [5.41, 5.74) is 2.55. The first-order valence-electron chi connectivity index (χ1n) is 10.2. The Balaban J connectivity index is 1.86. The summed E-state index contributed by atoms with van der Waals surface area (Å²) in [5, 5.41) is 3.32. The van der Waals surface area contributed by atoms with Crippen LogP contribution in [-0.4, -0.2) is 50.7 Å². The number of methoxy groups -OCH3 is 2. The van der Waals surface area contributed by atoms with Gasteiger partial charge in [-0.1, -0.05) is 23.7 Å². The number of nitrogens with zero attached hydrogens (tertiary/aromatic N) is 1. The molecule has 1 N–H and O–H groups in total. The minimum absolute atomic E-state index is 0.114. The number of benzene rings is 2. The lowest BCUT2D eigenvalue weighted by Crippen LogP contribution is -2.41. The number of nitrogens with one attached hydrogen (secondary N) is 1. The van der Waals surface area contributed by atoms with Crippen LogP contribution in [0.3, 0.4) is 0 Å². The highest BCUT2D eigenvalue weighted by molar-refractivity contribution is 6.33. The van der Waals surface area contributed by atoms with Crippen LogP contribution in [0.15, 0.2) is 36.4 Å². The summed E-state index contributed by atoms with van der Waals surface area (Å²) in [6.45, 7) is 2.80. The monoisotopic (exact) mass is 446 g/mol. The predicted octanol–water partition coefficient (Wildman–Crippen LogP) is 3.85. The number of hydrogen-bond donors (Lipinski definition) is 1. The van der Waals surface area contributed by atoms with Gasteiger partial charge in [-0.3, -0.25) is 14.5 Å². The van der Waals surface area contributed by atoms with Crippen molar-refractivity contribution in [3.05, 3.63) is 52.5 Å². The average Bonchev–Trinajstić information content (AvgIpc) is 2.76. The van der Waals surface area contributed by atoms with Crippen molar-refractivity contribution < 1.29 is 23.8 Å². The summed E-state index contributed by atoms with van der Waals surface area (Å²) in [5.74, 6) is 0.705. The van der Waals surface area contributed by atoms with E-state index in [1.165, 1.54) is 0 Å². The number of hydrogen-bond acceptors (Lipinski definition) is 6. The number of carbonyl (C=O) groups is 2. The van der Waals surface area contributed by atoms with Gasteiger partial charge < -0.3 is 19.5 Å². The topological polar surface area (TPSA) is 77.1 Å². The van der Waals surface area contributed by atoms with Crippen LogP contribution in [0.2, 0.25) is 5.02 Å². The van der Waals surface area contributed by atoms with Crippen molar-refractivity contribution in [2.24, 2.45) is 0 Å². The van der Waals surface area contributed by atoms with E-state index in [1.54, 1.807) is 39.3 Å². The van der Waals surface area contributed by atoms with Crippen LogP contribution in [-0.2, 0) is 20.7 Å². The molecule has 1 heterocycles. The first kappa shape index (κ1) is 22.9. The molecule has 8 heteroatoms. The van der Waals surface area contributed by atoms with Crippen LogP contribution < -0.4 is 14.8 Å². The van der Waals surface area contributed by atoms with Crippen LogP contribution in [0, 0.1) is 0 Å². The van der Waals surface area contributed by atoms with E-state index in [2.05, 4.69) is 5.32 Å². The Hall–Kier alpha value is -2.77. The lowest BCUT2D eigenvalue weighted by Gasteiger charge is -2.37. The standard InChI is InChI=1S/C23H27ClN2O5/c1-4-31-23(28)13-19-16-12-21(30-3)20(29-2)11-15(16)9-10-26(19)14-22(27)25-18-8-6-5-7-17(18)24/h5-8,11-12,19H,4,9-10,13-14H2,1-3H3,(H,25,27)/t19-/m0/s1. The van der Waals surface area contributed by atoms with Crippen LogP contribution in [0.25, 0.3) is 0 Å². The third kappa shape index (κ3) is 5.48. The Morgan fingerprint density at radius 2 is 1.87 bits per heavy atom. The fourth-order valence-corrected chi connectivity index (χ4v) is 4.01. The van der Waals surface area contributed by atoms with E-state index in [4.69, 9.17) is 25.8 Å². The Bertz CT molecular complexity index is 950. The first-order chi connectivity index (χ1) is 15.0. The van der Waals surface area contributed by atoms with Gasteiger partial charge in [0, 0.05) is 12.6 Å². The van der Waals surface area contributed by atoms with Gasteiger partial charge in [-0.25, -0.2) is 0 Å². The molecule has 1 atom stereocenters. The van der Waals surface area contributed by atoms with Crippen molar-refractivity contribution in [1.29, 1.82) is 0 Å². The maximum absolute atomic E-state index is 12.8. The largest absolute Gasteiger partial charge is 0.493 e. The molecule has 3 rings (SSSR count). The second-order valence-electron chi connectivity index (χ2n) is 7.18. The van der Waals surface area contributed by atoms with E-state index < -0.39 is 0 Å². The number of halogens is 1. The zero-order valence-corrected chi connectivity index (χ0v) is 18.7. The van der Waals surface area contributed by atoms with E-state index in [0.29, 0.717) is 41.8 Å². The van der Waals surface area contributed by atoms with E-state index in [0.717, 1.165) is 11.1 Å². The van der Waals surface area contributed by atoms with Crippen molar-refractivity contribution >= 4 is 29.2 Å². The van der Waals surface area contributed by atoms with Crippen LogP contribution in [0.4, 0.5) is 5.69 Å². The maximum Gasteiger partial charge on any atom is 0.307 e. The molecule has 0 unspecified atom stereocenters. The molecule has 0 fully saturated rings. The number of ether oxygens (including phenoxy) is 3. The minimum Gasteiger partial charge on any atom is -0.493 e. The average molecular weight is 447 g/mol. The van der Waals surface area contributed by atoms with Gasteiger partial charge in [-0.05, 0) is 48.7 Å². The molecule has 0 spiro atoms. The third-order valence-corrected chi connectivity index (χ3v) is 5.60. The molecular weight excluding hydrogens is 420 g/mol. The number of amides is 1. The van der Waals surface area contributed by atoms with Crippen molar-refractivity contribution in [3.63, 3.8) is 0 Å². The van der Waals surface area contributed by atoms with E-state index in [-0.39, 0.29) is 30.9 Å². The molecule has 0 bridgehead atoms. The van der Waals surface area contributed by atoms with Crippen molar-refractivity contribution in [1.82, 2.24) is 4.90 Å². The summed E-state index contributed by atoms with van der Waals surface area (Å²) in [4.78, 5) is 27.1. The molecule has 0 radical (unpaired) electrons. The summed E-state index contributed by atoms with van der Waals surface area (Å²) >= 11 is 6.16. The molecule has 1 aliphatic rings. The summed E-state index contributed by atoms with van der Waals surface area (Å²) in [7, 11) is 3.16. The normalized spacial score (nSPS) is 15.7. The molecule has 7 nitrogen and oxygen atoms in total. The highest BCUT2D eigenvalue weighted by Crippen LogP contribution is 2.39. The van der Waals surface area contributed by atoms with Crippen LogP contribution in [0.1, 0.15) is 30.5 Å². The molecule has 166 valence electrons. The highest BCUT2D eigenvalue weighted by Gasteiger charge is 2.32. The molecule has 2 aromatic carbocycles. The first-order valence-corrected chi connectivity index (χ1v) is 10.5. The van der Waals surface area contributed by atoms with Gasteiger partial charge in [-0.15, -0.1) is 0 Å². The van der Waals surface area contributed by atoms with Crippen molar-refractivity contribution in [3.8, 4) is 11.5 Å². The third-order valence-electron chi connectivity index (χ3n) is 5.27. The summed E-state index contributed by atoms with van der Waals surface area (Å²) < 4.78 is 16.1. The molecule has 1 amide bonds. The maximum atomic E-state index is 12.8. The van der Waals surface area contributed by atoms with E-state index in [1.807, 2.05) is 23.1 Å². The van der Waals surface area contributed by atoms with Gasteiger partial charge >= 0.3 is 5.97 Å². The van der Waals surface area contributed by atoms with Gasteiger partial charge in [0.15, 0.2) is 11.5 Å². The Morgan fingerprint density at radius 1 is 1.16 bits per heavy atom. The Morgan fingerprint density at radius 3 is 2.55 bits per heavy atom. The van der Waals surface area contributed by atoms with Gasteiger partial charge in [0.05, 0.1) is 44.5 Å². The second-order valence-corrected chi connectivity index (χ2v) is 7.59. The van der Waals surface area contributed by atoms with E-state index >= 15 is 0 Å². The van der Waals surface area contributed by atoms with Gasteiger partial charge in [-0.2, -0.15) is 0 Å². The SMILES string of the molecule is CCOC(=O)C[C@H]1c2cc(OC)c(OC)cc2CCN1CC(=O)Nc1ccccc1Cl. The van der Waals surface area contributed by atoms with Gasteiger partial charge in [0.25, 0.3) is 0 Å². The van der Waals surface area contributed by atoms with Crippen LogP contribution >= 0.6 is 11.6 Å².